The largest absolute Gasteiger partial charge is 1.00 e. The smallest absolute Gasteiger partial charge is 1.00 e. The van der Waals surface area contributed by atoms with Gasteiger partial charge in [-0.3, -0.25) is 9.11 Å². The SMILES string of the molecule is O=S(=O)(O)O.[AlH3].[AlH3].[H-].[H-].[K+].[K+]. The minimum absolute atomic E-state index is 0. The zero-order valence-corrected chi connectivity index (χ0v) is 11.2. The molecule has 4 nitrogen and oxygen atoms in total. The van der Waals surface area contributed by atoms with Crippen molar-refractivity contribution < 1.29 is 123 Å². The molecular weight excluding hydrogens is 228 g/mol. The van der Waals surface area contributed by atoms with Gasteiger partial charge >= 0.3 is 113 Å². The molecule has 9 heteroatoms. The number of hydrogen-bond acceptors (Lipinski definition) is 2. The van der Waals surface area contributed by atoms with Gasteiger partial charge in [0.25, 0.3) is 0 Å². The van der Waals surface area contributed by atoms with E-state index in [0.717, 1.165) is 0 Å². The maximum absolute atomic E-state index is 8.74. The maximum Gasteiger partial charge on any atom is 1.00 e. The molecule has 0 amide bonds. The van der Waals surface area contributed by atoms with Gasteiger partial charge < -0.3 is 2.85 Å². The summed E-state index contributed by atoms with van der Waals surface area (Å²) in [5.74, 6) is 0. The van der Waals surface area contributed by atoms with Gasteiger partial charge in [0.2, 0.25) is 0 Å². The molecule has 0 fully saturated rings. The van der Waals surface area contributed by atoms with Crippen LogP contribution in [-0.2, 0) is 10.4 Å². The second kappa shape index (κ2) is 14.7. The number of rotatable bonds is 0. The summed E-state index contributed by atoms with van der Waals surface area (Å²) >= 11 is 0. The number of hydrogen-bond donors (Lipinski definition) is 2. The summed E-state index contributed by atoms with van der Waals surface area (Å²) in [7, 11) is -4.67. The predicted molar refractivity (Wildman–Crippen MR) is 36.3 cm³/mol. The quantitative estimate of drug-likeness (QED) is 0.325. The van der Waals surface area contributed by atoms with Crippen LogP contribution in [0, 0.1) is 0 Å². The molecule has 0 aliphatic carbocycles. The summed E-state index contributed by atoms with van der Waals surface area (Å²) in [5, 5.41) is 0. The molecular formula is H10Al2K2O4S. The van der Waals surface area contributed by atoms with E-state index in [1.54, 1.807) is 0 Å². The summed E-state index contributed by atoms with van der Waals surface area (Å²) in [6.07, 6.45) is 0. The van der Waals surface area contributed by atoms with Gasteiger partial charge in [-0.1, -0.05) is 0 Å². The molecule has 0 aliphatic heterocycles. The van der Waals surface area contributed by atoms with Gasteiger partial charge in [-0.2, -0.15) is 8.42 Å². The van der Waals surface area contributed by atoms with E-state index in [0.29, 0.717) is 0 Å². The van der Waals surface area contributed by atoms with E-state index in [1.807, 2.05) is 0 Å². The molecule has 0 aliphatic rings. The van der Waals surface area contributed by atoms with E-state index in [1.165, 1.54) is 0 Å². The van der Waals surface area contributed by atoms with E-state index in [2.05, 4.69) is 0 Å². The summed E-state index contributed by atoms with van der Waals surface area (Å²) < 4.78 is 31.6. The van der Waals surface area contributed by atoms with Crippen LogP contribution in [0.5, 0.6) is 0 Å². The van der Waals surface area contributed by atoms with Gasteiger partial charge in [0.1, 0.15) is 0 Å². The first-order valence-corrected chi connectivity index (χ1v) is 2.10. The first kappa shape index (κ1) is 29.2. The van der Waals surface area contributed by atoms with Crippen molar-refractivity contribution in [3.63, 3.8) is 0 Å². The molecule has 0 heterocycles. The Bertz CT molecular complexity index is 107. The molecule has 0 atom stereocenters. The molecule has 0 aromatic rings. The topological polar surface area (TPSA) is 74.6 Å². The minimum Gasteiger partial charge on any atom is -1.00 e. The van der Waals surface area contributed by atoms with Gasteiger partial charge in [0.05, 0.1) is 0 Å². The maximum atomic E-state index is 8.74. The van der Waals surface area contributed by atoms with E-state index in [-0.39, 0.29) is 140 Å². The fraction of sp³-hybridized carbons (Fsp3) is 0. The van der Waals surface area contributed by atoms with Crippen LogP contribution in [-0.4, -0.2) is 52.2 Å². The summed E-state index contributed by atoms with van der Waals surface area (Å²) in [4.78, 5) is 0. The molecule has 0 aromatic heterocycles. The Morgan fingerprint density at radius 1 is 1.00 bits per heavy atom. The van der Waals surface area contributed by atoms with Crippen LogP contribution in [0.15, 0.2) is 0 Å². The van der Waals surface area contributed by atoms with E-state index >= 15 is 0 Å². The van der Waals surface area contributed by atoms with Gasteiger partial charge in [-0.05, 0) is 0 Å². The first-order chi connectivity index (χ1) is 2.00. The Labute approximate surface area is 164 Å². The molecule has 0 saturated carbocycles. The van der Waals surface area contributed by atoms with E-state index in [4.69, 9.17) is 17.5 Å². The van der Waals surface area contributed by atoms with Crippen LogP contribution in [0.1, 0.15) is 2.85 Å². The predicted octanol–water partition coefficient (Wildman–Crippen LogP) is -8.79. The third kappa shape index (κ3) is 71.8. The third-order valence-corrected chi connectivity index (χ3v) is 0. The Morgan fingerprint density at radius 2 is 1.00 bits per heavy atom. The Balaban J connectivity index is -0.00000000533. The minimum atomic E-state index is -4.67. The molecule has 9 heavy (non-hydrogen) atoms. The van der Waals surface area contributed by atoms with Crippen LogP contribution in [0.3, 0.4) is 0 Å². The molecule has 0 aromatic carbocycles. The van der Waals surface area contributed by atoms with Crippen molar-refractivity contribution in [1.82, 2.24) is 0 Å². The average Bonchev–Trinajstić information content (AvgIpc) is 0.722. The van der Waals surface area contributed by atoms with Gasteiger partial charge in [-0.25, -0.2) is 0 Å². The van der Waals surface area contributed by atoms with Crippen LogP contribution >= 0.6 is 0 Å². The van der Waals surface area contributed by atoms with Gasteiger partial charge in [-0.15, -0.1) is 0 Å². The zero-order chi connectivity index (χ0) is 4.50. The second-order valence-electron chi connectivity index (χ2n) is 0.448. The molecule has 0 saturated heterocycles. The monoisotopic (exact) mass is 238 g/mol. The van der Waals surface area contributed by atoms with Crippen molar-refractivity contribution in [2.24, 2.45) is 0 Å². The van der Waals surface area contributed by atoms with E-state index in [9.17, 15) is 0 Å². The average molecular weight is 238 g/mol. The Morgan fingerprint density at radius 3 is 1.00 bits per heavy atom. The van der Waals surface area contributed by atoms with Crippen LogP contribution < -0.4 is 103 Å². The molecule has 0 radical (unpaired) electrons. The van der Waals surface area contributed by atoms with Crippen LogP contribution in [0.4, 0.5) is 0 Å². The van der Waals surface area contributed by atoms with Crippen molar-refractivity contribution in [2.75, 3.05) is 0 Å². The zero-order valence-electron chi connectivity index (χ0n) is 6.12. The van der Waals surface area contributed by atoms with Crippen molar-refractivity contribution >= 4 is 45.1 Å². The van der Waals surface area contributed by atoms with Crippen molar-refractivity contribution in [3.05, 3.63) is 0 Å². The molecule has 0 unspecified atom stereocenters. The fourth-order valence-electron chi connectivity index (χ4n) is 0. The Hall–Kier alpha value is 4.21. The van der Waals surface area contributed by atoms with Crippen molar-refractivity contribution in [3.8, 4) is 0 Å². The molecule has 0 rings (SSSR count). The first-order valence-electron chi connectivity index (χ1n) is 0.698. The molecule has 48 valence electrons. The summed E-state index contributed by atoms with van der Waals surface area (Å²) in [6.45, 7) is 0. The summed E-state index contributed by atoms with van der Waals surface area (Å²) in [5.41, 5.74) is 0. The van der Waals surface area contributed by atoms with Crippen molar-refractivity contribution in [2.45, 2.75) is 0 Å². The van der Waals surface area contributed by atoms with Crippen LogP contribution in [0.25, 0.3) is 0 Å². The second-order valence-corrected chi connectivity index (χ2v) is 1.34. The third-order valence-electron chi connectivity index (χ3n) is 0. The van der Waals surface area contributed by atoms with Crippen LogP contribution in [0.2, 0.25) is 0 Å². The van der Waals surface area contributed by atoms with Gasteiger partial charge in [0.15, 0.2) is 34.7 Å². The molecule has 2 N–H and O–H groups in total. The Kier molecular flexibility index (Phi) is 47.8. The van der Waals surface area contributed by atoms with Gasteiger partial charge in [0, 0.05) is 0 Å². The molecule has 0 spiro atoms. The fourth-order valence-corrected chi connectivity index (χ4v) is 0. The standard InChI is InChI=1S/2Al.2K.H2O4S.8H/c;;;;1-5(2,3)4;;;;;;;;/h;;;;(H2,1,2,3,4);;;;;;;;/q;;2*+1;;;;;;;;2*-1. The van der Waals surface area contributed by atoms with Crippen molar-refractivity contribution in [1.29, 1.82) is 0 Å². The summed E-state index contributed by atoms with van der Waals surface area (Å²) in [6, 6.07) is 0. The normalized spacial score (nSPS) is 6.44. The molecule has 0 bridgehead atoms. The van der Waals surface area contributed by atoms with E-state index < -0.39 is 10.4 Å².